The molecular formula is C13H9Cl2NO2. The van der Waals surface area contributed by atoms with Crippen LogP contribution in [0.4, 0.5) is 0 Å². The Kier molecular flexibility index (Phi) is 3.84. The fourth-order valence-corrected chi connectivity index (χ4v) is 1.76. The average Bonchev–Trinajstić information content (AvgIpc) is 2.40. The van der Waals surface area contributed by atoms with Gasteiger partial charge in [-0.15, -0.1) is 0 Å². The molecule has 2 rings (SSSR count). The Morgan fingerprint density at radius 2 is 2.00 bits per heavy atom. The molecular weight excluding hydrogens is 273 g/mol. The summed E-state index contributed by atoms with van der Waals surface area (Å²) in [5, 5.41) is 0.851. The second-order valence-corrected chi connectivity index (χ2v) is 4.37. The maximum atomic E-state index is 11.8. The first-order valence-electron chi connectivity index (χ1n) is 5.17. The molecule has 0 bridgehead atoms. The fourth-order valence-electron chi connectivity index (χ4n) is 1.35. The fraction of sp³-hybridized carbons (Fsp3) is 0.0769. The van der Waals surface area contributed by atoms with Crippen molar-refractivity contribution in [3.8, 4) is 5.75 Å². The highest BCUT2D eigenvalue weighted by Crippen LogP contribution is 2.32. The van der Waals surface area contributed by atoms with Crippen molar-refractivity contribution in [1.82, 2.24) is 4.98 Å². The molecule has 0 aliphatic carbocycles. The number of carbonyl (C=O) groups excluding carboxylic acids is 1. The van der Waals surface area contributed by atoms with Gasteiger partial charge in [0.2, 0.25) is 0 Å². The van der Waals surface area contributed by atoms with Crippen LogP contribution in [-0.4, -0.2) is 11.0 Å². The lowest BCUT2D eigenvalue weighted by Gasteiger charge is -2.08. The minimum absolute atomic E-state index is 0.223. The molecule has 0 spiro atoms. The molecule has 0 amide bonds. The normalized spacial score (nSPS) is 10.2. The van der Waals surface area contributed by atoms with Crippen molar-refractivity contribution < 1.29 is 9.53 Å². The van der Waals surface area contributed by atoms with Crippen LogP contribution < -0.4 is 4.74 Å². The molecule has 0 N–H and O–H groups in total. The third kappa shape index (κ3) is 2.63. The van der Waals surface area contributed by atoms with Gasteiger partial charge in [0.15, 0.2) is 0 Å². The second-order valence-electron chi connectivity index (χ2n) is 3.59. The van der Waals surface area contributed by atoms with Gasteiger partial charge in [-0.2, -0.15) is 0 Å². The van der Waals surface area contributed by atoms with Crippen molar-refractivity contribution >= 4 is 29.2 Å². The SMILES string of the molecule is Cc1c(Cl)ccc(OC(=O)c2ccccn2)c1Cl. The van der Waals surface area contributed by atoms with Crippen molar-refractivity contribution in [3.05, 3.63) is 57.8 Å². The van der Waals surface area contributed by atoms with Gasteiger partial charge in [0.05, 0.1) is 5.02 Å². The van der Waals surface area contributed by atoms with Gasteiger partial charge in [0, 0.05) is 11.2 Å². The number of aromatic nitrogens is 1. The lowest BCUT2D eigenvalue weighted by Crippen LogP contribution is -2.10. The highest BCUT2D eigenvalue weighted by molar-refractivity contribution is 6.37. The van der Waals surface area contributed by atoms with E-state index in [1.807, 2.05) is 0 Å². The first-order chi connectivity index (χ1) is 8.59. The Labute approximate surface area is 114 Å². The van der Waals surface area contributed by atoms with E-state index in [2.05, 4.69) is 4.98 Å². The van der Waals surface area contributed by atoms with Gasteiger partial charge in [-0.3, -0.25) is 0 Å². The van der Waals surface area contributed by atoms with Crippen LogP contribution >= 0.6 is 23.2 Å². The van der Waals surface area contributed by atoms with Crippen molar-refractivity contribution in [1.29, 1.82) is 0 Å². The first-order valence-corrected chi connectivity index (χ1v) is 5.93. The van der Waals surface area contributed by atoms with E-state index in [1.165, 1.54) is 6.20 Å². The van der Waals surface area contributed by atoms with Gasteiger partial charge in [-0.05, 0) is 36.8 Å². The summed E-state index contributed by atoms with van der Waals surface area (Å²) in [6.07, 6.45) is 1.52. The molecule has 0 radical (unpaired) electrons. The number of hydrogen-bond acceptors (Lipinski definition) is 3. The van der Waals surface area contributed by atoms with Crippen molar-refractivity contribution in [2.75, 3.05) is 0 Å². The predicted molar refractivity (Wildman–Crippen MR) is 70.4 cm³/mol. The van der Waals surface area contributed by atoms with E-state index in [0.29, 0.717) is 15.6 Å². The quantitative estimate of drug-likeness (QED) is 0.619. The largest absolute Gasteiger partial charge is 0.420 e. The summed E-state index contributed by atoms with van der Waals surface area (Å²) in [5.41, 5.74) is 0.894. The Balaban J connectivity index is 2.26. The van der Waals surface area contributed by atoms with Crippen LogP contribution in [0.3, 0.4) is 0 Å². The highest BCUT2D eigenvalue weighted by Gasteiger charge is 2.14. The Hall–Kier alpha value is -1.58. The minimum Gasteiger partial charge on any atom is -0.420 e. The van der Waals surface area contributed by atoms with Gasteiger partial charge in [-0.1, -0.05) is 29.3 Å². The summed E-state index contributed by atoms with van der Waals surface area (Å²) >= 11 is 12.0. The highest BCUT2D eigenvalue weighted by atomic mass is 35.5. The van der Waals surface area contributed by atoms with Gasteiger partial charge >= 0.3 is 5.97 Å². The lowest BCUT2D eigenvalue weighted by atomic mass is 10.2. The summed E-state index contributed by atoms with van der Waals surface area (Å²) in [6, 6.07) is 8.18. The maximum absolute atomic E-state index is 11.8. The summed E-state index contributed by atoms with van der Waals surface area (Å²) in [4.78, 5) is 15.7. The summed E-state index contributed by atoms with van der Waals surface area (Å²) in [7, 11) is 0. The van der Waals surface area contributed by atoms with Gasteiger partial charge < -0.3 is 4.74 Å². The van der Waals surface area contributed by atoms with E-state index < -0.39 is 5.97 Å². The molecule has 5 heteroatoms. The Bertz CT molecular complexity index is 585. The predicted octanol–water partition coefficient (Wildman–Crippen LogP) is 3.92. The number of ether oxygens (including phenoxy) is 1. The van der Waals surface area contributed by atoms with Crippen molar-refractivity contribution in [2.24, 2.45) is 0 Å². The van der Waals surface area contributed by atoms with Gasteiger partial charge in [-0.25, -0.2) is 9.78 Å². The van der Waals surface area contributed by atoms with E-state index in [9.17, 15) is 4.79 Å². The number of rotatable bonds is 2. The summed E-state index contributed by atoms with van der Waals surface area (Å²) in [6.45, 7) is 1.75. The number of benzene rings is 1. The molecule has 0 aliphatic heterocycles. The number of pyridine rings is 1. The van der Waals surface area contributed by atoms with E-state index in [4.69, 9.17) is 27.9 Å². The van der Waals surface area contributed by atoms with Crippen LogP contribution in [0.2, 0.25) is 10.0 Å². The Morgan fingerprint density at radius 1 is 1.22 bits per heavy atom. The van der Waals surface area contributed by atoms with E-state index in [-0.39, 0.29) is 11.4 Å². The molecule has 0 fully saturated rings. The van der Waals surface area contributed by atoms with Crippen LogP contribution in [-0.2, 0) is 0 Å². The van der Waals surface area contributed by atoms with E-state index >= 15 is 0 Å². The second kappa shape index (κ2) is 5.38. The monoisotopic (exact) mass is 281 g/mol. The molecule has 0 saturated carbocycles. The van der Waals surface area contributed by atoms with Gasteiger partial charge in [0.1, 0.15) is 11.4 Å². The molecule has 1 heterocycles. The molecule has 92 valence electrons. The zero-order valence-corrected chi connectivity index (χ0v) is 11.0. The van der Waals surface area contributed by atoms with Gasteiger partial charge in [0.25, 0.3) is 0 Å². The van der Waals surface area contributed by atoms with E-state index in [1.54, 1.807) is 37.3 Å². The molecule has 0 aliphatic rings. The van der Waals surface area contributed by atoms with Crippen LogP contribution in [0, 0.1) is 6.92 Å². The Morgan fingerprint density at radius 3 is 2.67 bits per heavy atom. The molecule has 1 aromatic carbocycles. The van der Waals surface area contributed by atoms with Crippen molar-refractivity contribution in [3.63, 3.8) is 0 Å². The molecule has 0 atom stereocenters. The molecule has 2 aromatic rings. The van der Waals surface area contributed by atoms with Crippen LogP contribution in [0.5, 0.6) is 5.75 Å². The third-order valence-electron chi connectivity index (χ3n) is 2.36. The molecule has 0 unspecified atom stereocenters. The van der Waals surface area contributed by atoms with Crippen LogP contribution in [0.25, 0.3) is 0 Å². The number of hydrogen-bond donors (Lipinski definition) is 0. The van der Waals surface area contributed by atoms with E-state index in [0.717, 1.165) is 0 Å². The molecule has 1 aromatic heterocycles. The lowest BCUT2D eigenvalue weighted by molar-refractivity contribution is 0.0728. The van der Waals surface area contributed by atoms with Crippen molar-refractivity contribution in [2.45, 2.75) is 6.92 Å². The smallest absolute Gasteiger partial charge is 0.362 e. The summed E-state index contributed by atoms with van der Waals surface area (Å²) in [5.74, 6) is -0.284. The number of carbonyl (C=O) groups is 1. The third-order valence-corrected chi connectivity index (χ3v) is 3.24. The van der Waals surface area contributed by atoms with Crippen LogP contribution in [0.15, 0.2) is 36.5 Å². The maximum Gasteiger partial charge on any atom is 0.362 e. The topological polar surface area (TPSA) is 39.2 Å². The number of halogens is 2. The van der Waals surface area contributed by atoms with Crippen LogP contribution in [0.1, 0.15) is 16.1 Å². The zero-order valence-electron chi connectivity index (χ0n) is 9.48. The molecule has 0 saturated heterocycles. The average molecular weight is 282 g/mol. The standard InChI is InChI=1S/C13H9Cl2NO2/c1-8-9(14)5-6-11(12(8)15)18-13(17)10-4-2-3-7-16-10/h2-7H,1H3. The molecule has 18 heavy (non-hydrogen) atoms. The summed E-state index contributed by atoms with van der Waals surface area (Å²) < 4.78 is 5.18. The number of esters is 1. The first kappa shape index (κ1) is 12.9. The minimum atomic E-state index is -0.556. The number of nitrogens with zero attached hydrogens (tertiary/aromatic N) is 1. The molecule has 3 nitrogen and oxygen atoms in total. The zero-order chi connectivity index (χ0) is 13.1.